The van der Waals surface area contributed by atoms with Gasteiger partial charge in [-0.25, -0.2) is 0 Å². The Morgan fingerprint density at radius 3 is 2.24 bits per heavy atom. The first-order chi connectivity index (χ1) is 12.0. The van der Waals surface area contributed by atoms with Gasteiger partial charge in [0.05, 0.1) is 14.2 Å². The van der Waals surface area contributed by atoms with Gasteiger partial charge in [0.25, 0.3) is 11.8 Å². The summed E-state index contributed by atoms with van der Waals surface area (Å²) >= 11 is 0. The Labute approximate surface area is 146 Å². The molecule has 0 spiro atoms. The van der Waals surface area contributed by atoms with Crippen molar-refractivity contribution in [3.63, 3.8) is 0 Å². The molecule has 0 saturated heterocycles. The van der Waals surface area contributed by atoms with Crippen molar-refractivity contribution in [1.82, 2.24) is 10.9 Å². The fraction of sp³-hybridized carbons (Fsp3) is 0.158. The van der Waals surface area contributed by atoms with Crippen LogP contribution >= 0.6 is 0 Å². The van der Waals surface area contributed by atoms with E-state index in [1.807, 2.05) is 31.2 Å². The molecule has 0 radical (unpaired) electrons. The lowest BCUT2D eigenvalue weighted by Gasteiger charge is -2.10. The summed E-state index contributed by atoms with van der Waals surface area (Å²) in [6, 6.07) is 12.4. The SMILES string of the molecule is COc1ccc(C(=O)NNC(=O)C=Cc2ccc(C)cc2)cc1OC. The molecule has 0 aliphatic carbocycles. The molecule has 0 fully saturated rings. The minimum atomic E-state index is -0.460. The summed E-state index contributed by atoms with van der Waals surface area (Å²) in [5.74, 6) is 0.0531. The van der Waals surface area contributed by atoms with E-state index in [9.17, 15) is 9.59 Å². The third-order valence-electron chi connectivity index (χ3n) is 3.45. The number of rotatable bonds is 5. The molecule has 2 aromatic rings. The Hall–Kier alpha value is -3.28. The quantitative estimate of drug-likeness (QED) is 0.648. The van der Waals surface area contributed by atoms with Crippen molar-refractivity contribution in [3.8, 4) is 11.5 Å². The standard InChI is InChI=1S/C19H20N2O4/c1-13-4-6-14(7-5-13)8-11-18(22)20-21-19(23)15-9-10-16(24-2)17(12-15)25-3/h4-12H,1-3H3,(H,20,22)(H,21,23). The van der Waals surface area contributed by atoms with E-state index in [-0.39, 0.29) is 0 Å². The monoisotopic (exact) mass is 340 g/mol. The lowest BCUT2D eigenvalue weighted by molar-refractivity contribution is -0.117. The fourth-order valence-corrected chi connectivity index (χ4v) is 2.06. The van der Waals surface area contributed by atoms with Gasteiger partial charge in [0.15, 0.2) is 11.5 Å². The Kier molecular flexibility index (Phi) is 6.17. The van der Waals surface area contributed by atoms with Gasteiger partial charge in [0.2, 0.25) is 0 Å². The number of hydrazine groups is 1. The van der Waals surface area contributed by atoms with Gasteiger partial charge in [0, 0.05) is 11.6 Å². The zero-order valence-corrected chi connectivity index (χ0v) is 14.3. The van der Waals surface area contributed by atoms with E-state index in [0.29, 0.717) is 17.1 Å². The number of hydrogen-bond donors (Lipinski definition) is 2. The third kappa shape index (κ3) is 5.10. The second-order valence-corrected chi connectivity index (χ2v) is 5.26. The topological polar surface area (TPSA) is 76.7 Å². The third-order valence-corrected chi connectivity index (χ3v) is 3.45. The fourth-order valence-electron chi connectivity index (χ4n) is 2.06. The molecule has 2 amide bonds. The highest BCUT2D eigenvalue weighted by molar-refractivity contribution is 5.98. The molecule has 0 aliphatic heterocycles. The van der Waals surface area contributed by atoms with Crippen LogP contribution in [0.2, 0.25) is 0 Å². The molecule has 2 N–H and O–H groups in total. The van der Waals surface area contributed by atoms with Gasteiger partial charge < -0.3 is 9.47 Å². The van der Waals surface area contributed by atoms with Crippen LogP contribution in [0.4, 0.5) is 0 Å². The second-order valence-electron chi connectivity index (χ2n) is 5.26. The maximum absolute atomic E-state index is 12.1. The van der Waals surface area contributed by atoms with Gasteiger partial charge >= 0.3 is 0 Å². The van der Waals surface area contributed by atoms with Crippen molar-refractivity contribution < 1.29 is 19.1 Å². The Balaban J connectivity index is 1.92. The average Bonchev–Trinajstić information content (AvgIpc) is 2.64. The molecule has 0 bridgehead atoms. The minimum Gasteiger partial charge on any atom is -0.493 e. The number of nitrogens with one attached hydrogen (secondary N) is 2. The second kappa shape index (κ2) is 8.54. The number of amides is 2. The number of methoxy groups -OCH3 is 2. The van der Waals surface area contributed by atoms with Crippen LogP contribution in [0.5, 0.6) is 11.5 Å². The predicted octanol–water partition coefficient (Wildman–Crippen LogP) is 2.49. The van der Waals surface area contributed by atoms with Crippen LogP contribution in [-0.2, 0) is 4.79 Å². The first kappa shape index (κ1) is 18.1. The van der Waals surface area contributed by atoms with Crippen LogP contribution in [0.25, 0.3) is 6.08 Å². The van der Waals surface area contributed by atoms with E-state index in [4.69, 9.17) is 9.47 Å². The Morgan fingerprint density at radius 1 is 0.920 bits per heavy atom. The number of ether oxygens (including phenoxy) is 2. The van der Waals surface area contributed by atoms with Gasteiger partial charge in [-0.3, -0.25) is 20.4 Å². The first-order valence-corrected chi connectivity index (χ1v) is 7.60. The smallest absolute Gasteiger partial charge is 0.269 e. The molecule has 130 valence electrons. The van der Waals surface area contributed by atoms with E-state index >= 15 is 0 Å². The molecule has 25 heavy (non-hydrogen) atoms. The summed E-state index contributed by atoms with van der Waals surface area (Å²) in [6.07, 6.45) is 3.01. The molecule has 2 aromatic carbocycles. The van der Waals surface area contributed by atoms with E-state index in [1.54, 1.807) is 18.2 Å². The summed E-state index contributed by atoms with van der Waals surface area (Å²) in [6.45, 7) is 1.99. The van der Waals surface area contributed by atoms with Crippen LogP contribution < -0.4 is 20.3 Å². The highest BCUT2D eigenvalue weighted by Crippen LogP contribution is 2.27. The summed E-state index contributed by atoms with van der Waals surface area (Å²) in [5.41, 5.74) is 7.05. The lowest BCUT2D eigenvalue weighted by Crippen LogP contribution is -2.40. The molecule has 6 heteroatoms. The number of carbonyl (C=O) groups excluding carboxylic acids is 2. The maximum Gasteiger partial charge on any atom is 0.269 e. The van der Waals surface area contributed by atoms with Crippen LogP contribution in [0.15, 0.2) is 48.5 Å². The minimum absolute atomic E-state index is 0.334. The summed E-state index contributed by atoms with van der Waals surface area (Å²) < 4.78 is 10.3. The number of hydrogen-bond acceptors (Lipinski definition) is 4. The lowest BCUT2D eigenvalue weighted by atomic mass is 10.1. The van der Waals surface area contributed by atoms with E-state index in [0.717, 1.165) is 11.1 Å². The van der Waals surface area contributed by atoms with E-state index in [2.05, 4.69) is 10.9 Å². The molecular formula is C19H20N2O4. The first-order valence-electron chi connectivity index (χ1n) is 7.60. The molecular weight excluding hydrogens is 320 g/mol. The van der Waals surface area contributed by atoms with E-state index in [1.165, 1.54) is 26.4 Å². The number of carbonyl (C=O) groups is 2. The van der Waals surface area contributed by atoms with Gasteiger partial charge in [0.1, 0.15) is 0 Å². The van der Waals surface area contributed by atoms with Crippen LogP contribution in [0, 0.1) is 6.92 Å². The van der Waals surface area contributed by atoms with Gasteiger partial charge in [-0.1, -0.05) is 29.8 Å². The molecule has 0 unspecified atom stereocenters. The van der Waals surface area contributed by atoms with Gasteiger partial charge in [-0.05, 0) is 36.8 Å². The van der Waals surface area contributed by atoms with Crippen LogP contribution in [0.1, 0.15) is 21.5 Å². The van der Waals surface area contributed by atoms with Crippen molar-refractivity contribution >= 4 is 17.9 Å². The molecule has 0 saturated carbocycles. The van der Waals surface area contributed by atoms with Crippen molar-refractivity contribution in [2.45, 2.75) is 6.92 Å². The average molecular weight is 340 g/mol. The van der Waals surface area contributed by atoms with Gasteiger partial charge in [-0.2, -0.15) is 0 Å². The highest BCUT2D eigenvalue weighted by Gasteiger charge is 2.10. The van der Waals surface area contributed by atoms with Crippen molar-refractivity contribution in [3.05, 3.63) is 65.2 Å². The van der Waals surface area contributed by atoms with Crippen molar-refractivity contribution in [2.24, 2.45) is 0 Å². The largest absolute Gasteiger partial charge is 0.493 e. The summed E-state index contributed by atoms with van der Waals surface area (Å²) in [5, 5.41) is 0. The van der Waals surface area contributed by atoms with Crippen molar-refractivity contribution in [1.29, 1.82) is 0 Å². The van der Waals surface area contributed by atoms with Crippen LogP contribution in [0.3, 0.4) is 0 Å². The zero-order valence-electron chi connectivity index (χ0n) is 14.3. The maximum atomic E-state index is 12.1. The molecule has 0 aliphatic rings. The summed E-state index contributed by atoms with van der Waals surface area (Å²) in [4.78, 5) is 23.9. The Morgan fingerprint density at radius 2 is 1.60 bits per heavy atom. The van der Waals surface area contributed by atoms with Crippen LogP contribution in [-0.4, -0.2) is 26.0 Å². The van der Waals surface area contributed by atoms with Crippen molar-refractivity contribution in [2.75, 3.05) is 14.2 Å². The normalized spacial score (nSPS) is 10.4. The number of aryl methyl sites for hydroxylation is 1. The molecule has 0 atom stereocenters. The van der Waals surface area contributed by atoms with E-state index < -0.39 is 11.8 Å². The molecule has 0 aromatic heterocycles. The summed E-state index contributed by atoms with van der Waals surface area (Å²) in [7, 11) is 3.00. The Bertz CT molecular complexity index is 783. The zero-order chi connectivity index (χ0) is 18.2. The molecule has 0 heterocycles. The number of benzene rings is 2. The molecule has 2 rings (SSSR count). The predicted molar refractivity (Wildman–Crippen MR) is 95.4 cm³/mol. The van der Waals surface area contributed by atoms with Gasteiger partial charge in [-0.15, -0.1) is 0 Å². The molecule has 6 nitrogen and oxygen atoms in total. The highest BCUT2D eigenvalue weighted by atomic mass is 16.5.